The van der Waals surface area contributed by atoms with E-state index in [9.17, 15) is 20.0 Å². The Morgan fingerprint density at radius 2 is 2.00 bits per heavy atom. The van der Waals surface area contributed by atoms with Crippen molar-refractivity contribution in [2.75, 3.05) is 0 Å². The van der Waals surface area contributed by atoms with Gasteiger partial charge in [-0.1, -0.05) is 0 Å². The third-order valence-electron chi connectivity index (χ3n) is 4.21. The number of nitrogens with zero attached hydrogens (tertiary/aromatic N) is 4. The Kier molecular flexibility index (Phi) is 4.56. The summed E-state index contributed by atoms with van der Waals surface area (Å²) in [5.41, 5.74) is 1.20. The number of benzene rings is 1. The van der Waals surface area contributed by atoms with Crippen molar-refractivity contribution >= 4 is 41.5 Å². The molecule has 2 aromatic rings. The van der Waals surface area contributed by atoms with Gasteiger partial charge in [-0.3, -0.25) is 29.0 Å². The molecule has 0 aliphatic carbocycles. The van der Waals surface area contributed by atoms with Crippen LogP contribution in [0, 0.1) is 14.9 Å². The maximum Gasteiger partial charge on any atom is 0.270 e. The lowest BCUT2D eigenvalue weighted by Crippen LogP contribution is -2.26. The van der Waals surface area contributed by atoms with Crippen LogP contribution in [0.2, 0.25) is 0 Å². The lowest BCUT2D eigenvalue weighted by Gasteiger charge is -2.14. The smallest absolute Gasteiger partial charge is 0.270 e. The fraction of sp³-hybridized carbons (Fsp3) is 0.235. The number of rotatable bonds is 4. The maximum absolute atomic E-state index is 12.7. The van der Waals surface area contributed by atoms with Crippen LogP contribution in [0.5, 0.6) is 5.88 Å². The standard InChI is InChI=1S/C17H16N4O4S/c1-3-19-15(22)13(16(23)20(4-2)17(19)26)7-10-9-18-14-6-5-11(21(24)25)8-12(10)14/h5-9,22H,3-4H2,1-2H3. The number of aliphatic imine (C=N–C) groups is 1. The Bertz CT molecular complexity index is 1100. The summed E-state index contributed by atoms with van der Waals surface area (Å²) in [6.07, 6.45) is 3.01. The molecule has 1 aromatic carbocycles. The van der Waals surface area contributed by atoms with Crippen LogP contribution in [0.1, 0.15) is 25.0 Å². The third-order valence-corrected chi connectivity index (χ3v) is 4.65. The second kappa shape index (κ2) is 6.68. The molecule has 0 radical (unpaired) electrons. The molecule has 2 heterocycles. The van der Waals surface area contributed by atoms with Gasteiger partial charge in [-0.25, -0.2) is 0 Å². The lowest BCUT2D eigenvalue weighted by atomic mass is 10.0. The fourth-order valence-electron chi connectivity index (χ4n) is 2.86. The molecule has 0 atom stereocenters. The molecular formula is C17H16N4O4S. The summed E-state index contributed by atoms with van der Waals surface area (Å²) in [6, 6.07) is 4.32. The van der Waals surface area contributed by atoms with Gasteiger partial charge >= 0.3 is 0 Å². The number of hydrogen-bond acceptors (Lipinski definition) is 6. The predicted octanol–water partition coefficient (Wildman–Crippen LogP) is 3.29. The molecule has 134 valence electrons. The molecule has 9 heteroatoms. The number of non-ortho nitro benzene ring substituents is 1. The van der Waals surface area contributed by atoms with Gasteiger partial charge in [-0.05, 0) is 38.2 Å². The van der Waals surface area contributed by atoms with E-state index in [2.05, 4.69) is 4.99 Å². The van der Waals surface area contributed by atoms with Gasteiger partial charge in [0.1, 0.15) is 5.56 Å². The van der Waals surface area contributed by atoms with E-state index in [1.807, 2.05) is 6.92 Å². The molecule has 3 rings (SSSR count). The Hall–Kier alpha value is -3.07. The van der Waals surface area contributed by atoms with Crippen LogP contribution < -0.4 is 5.56 Å². The van der Waals surface area contributed by atoms with Crippen molar-refractivity contribution in [3.63, 3.8) is 0 Å². The first-order valence-corrected chi connectivity index (χ1v) is 8.41. The minimum atomic E-state index is -0.491. The number of hydrogen-bond donors (Lipinski definition) is 1. The Labute approximate surface area is 153 Å². The topological polar surface area (TPSA) is 103 Å². The van der Waals surface area contributed by atoms with Crippen LogP contribution >= 0.6 is 12.2 Å². The Balaban J connectivity index is 2.25. The van der Waals surface area contributed by atoms with Crippen LogP contribution in [0.4, 0.5) is 11.4 Å². The zero-order valence-corrected chi connectivity index (χ0v) is 15.0. The number of aromatic hydroxyl groups is 1. The highest BCUT2D eigenvalue weighted by Gasteiger charge is 2.20. The number of fused-ring (bicyclic) bond motifs is 1. The van der Waals surface area contributed by atoms with Crippen LogP contribution in [-0.2, 0) is 13.1 Å². The Morgan fingerprint density at radius 1 is 1.31 bits per heavy atom. The first kappa shape index (κ1) is 17.7. The summed E-state index contributed by atoms with van der Waals surface area (Å²) in [5.74, 6) is -0.230. The van der Waals surface area contributed by atoms with E-state index in [1.54, 1.807) is 13.0 Å². The summed E-state index contributed by atoms with van der Waals surface area (Å²) in [4.78, 5) is 27.4. The van der Waals surface area contributed by atoms with Crippen LogP contribution in [0.25, 0.3) is 11.6 Å². The number of allylic oxidation sites excluding steroid dienone is 1. The van der Waals surface area contributed by atoms with Crippen LogP contribution in [0.3, 0.4) is 0 Å². The van der Waals surface area contributed by atoms with E-state index in [0.717, 1.165) is 0 Å². The third kappa shape index (κ3) is 2.76. The predicted molar refractivity (Wildman–Crippen MR) is 102 cm³/mol. The first-order valence-electron chi connectivity index (χ1n) is 8.00. The van der Waals surface area contributed by atoms with Crippen molar-refractivity contribution in [2.45, 2.75) is 26.9 Å². The first-order chi connectivity index (χ1) is 12.4. The summed E-state index contributed by atoms with van der Waals surface area (Å²) in [7, 11) is 0. The average molecular weight is 372 g/mol. The van der Waals surface area contributed by atoms with E-state index >= 15 is 0 Å². The van der Waals surface area contributed by atoms with E-state index in [4.69, 9.17) is 12.2 Å². The normalized spacial score (nSPS) is 14.0. The van der Waals surface area contributed by atoms with E-state index < -0.39 is 10.5 Å². The minimum Gasteiger partial charge on any atom is -0.494 e. The zero-order valence-electron chi connectivity index (χ0n) is 14.2. The second-order valence-electron chi connectivity index (χ2n) is 5.63. The Morgan fingerprint density at radius 3 is 2.62 bits per heavy atom. The molecule has 0 fully saturated rings. The quantitative estimate of drug-likeness (QED) is 0.504. The molecule has 1 aliphatic heterocycles. The second-order valence-corrected chi connectivity index (χ2v) is 6.00. The largest absolute Gasteiger partial charge is 0.494 e. The van der Waals surface area contributed by atoms with Crippen LogP contribution in [0.15, 0.2) is 28.0 Å². The van der Waals surface area contributed by atoms with Crippen molar-refractivity contribution < 1.29 is 10.0 Å². The molecule has 0 amide bonds. The summed E-state index contributed by atoms with van der Waals surface area (Å²) >= 11 is 5.26. The molecule has 0 bridgehead atoms. The van der Waals surface area contributed by atoms with Gasteiger partial charge in [0.15, 0.2) is 4.77 Å². The van der Waals surface area contributed by atoms with Crippen molar-refractivity contribution in [2.24, 2.45) is 4.99 Å². The molecule has 0 unspecified atom stereocenters. The average Bonchev–Trinajstić information content (AvgIpc) is 3.01. The highest BCUT2D eigenvalue weighted by molar-refractivity contribution is 7.71. The highest BCUT2D eigenvalue weighted by atomic mass is 32.1. The van der Waals surface area contributed by atoms with Gasteiger partial charge in [0.25, 0.3) is 11.2 Å². The van der Waals surface area contributed by atoms with Gasteiger partial charge in [0.05, 0.1) is 10.6 Å². The molecule has 0 saturated heterocycles. The molecule has 1 aliphatic rings. The van der Waals surface area contributed by atoms with Gasteiger partial charge in [0.2, 0.25) is 5.88 Å². The lowest BCUT2D eigenvalue weighted by molar-refractivity contribution is -0.384. The molecule has 8 nitrogen and oxygen atoms in total. The van der Waals surface area contributed by atoms with Crippen molar-refractivity contribution in [3.05, 3.63) is 54.6 Å². The maximum atomic E-state index is 12.7. The van der Waals surface area contributed by atoms with E-state index in [1.165, 1.54) is 33.6 Å². The highest BCUT2D eigenvalue weighted by Crippen LogP contribution is 2.35. The van der Waals surface area contributed by atoms with Gasteiger partial charge in [-0.2, -0.15) is 0 Å². The summed E-state index contributed by atoms with van der Waals surface area (Å²) in [5, 5.41) is 21.5. The van der Waals surface area contributed by atoms with Crippen LogP contribution in [-0.4, -0.2) is 25.4 Å². The van der Waals surface area contributed by atoms with Crippen molar-refractivity contribution in [1.82, 2.24) is 9.13 Å². The van der Waals surface area contributed by atoms with Crippen molar-refractivity contribution in [3.8, 4) is 5.88 Å². The molecule has 0 spiro atoms. The number of aromatic nitrogens is 2. The fourth-order valence-corrected chi connectivity index (χ4v) is 3.29. The number of nitro groups is 1. The van der Waals surface area contributed by atoms with E-state index in [0.29, 0.717) is 29.9 Å². The van der Waals surface area contributed by atoms with E-state index in [-0.39, 0.29) is 21.9 Å². The van der Waals surface area contributed by atoms with Gasteiger partial charge < -0.3 is 5.11 Å². The SMILES string of the molecule is CCn1c(O)c(C=C2C=Nc3ccc([N+](=O)[O-])cc32)c(=O)n(CC)c1=S. The number of nitro benzene ring substituents is 1. The molecule has 1 N–H and O–H groups in total. The monoisotopic (exact) mass is 372 g/mol. The summed E-state index contributed by atoms with van der Waals surface area (Å²) < 4.78 is 3.11. The minimum absolute atomic E-state index is 0.0696. The molecule has 1 aromatic heterocycles. The molecule has 26 heavy (non-hydrogen) atoms. The summed E-state index contributed by atoms with van der Waals surface area (Å²) in [6.45, 7) is 4.37. The zero-order chi connectivity index (χ0) is 19.0. The molecular weight excluding hydrogens is 356 g/mol. The van der Waals surface area contributed by atoms with Gasteiger partial charge in [0, 0.05) is 42.6 Å². The van der Waals surface area contributed by atoms with Crippen molar-refractivity contribution in [1.29, 1.82) is 0 Å². The van der Waals surface area contributed by atoms with Gasteiger partial charge in [-0.15, -0.1) is 0 Å². The molecule has 0 saturated carbocycles.